The lowest BCUT2D eigenvalue weighted by Crippen LogP contribution is -2.50. The Morgan fingerprint density at radius 2 is 1.65 bits per heavy atom. The van der Waals surface area contributed by atoms with Crippen molar-refractivity contribution < 1.29 is 14.0 Å². The predicted molar refractivity (Wildman–Crippen MR) is 137 cm³/mol. The standard InChI is InChI=1S/C27H28FN7O2/c1-18-5-11-22(12-6-18)35(24(19-13-15-29-16-14-19)26(37)30-27(2,3)4)23(36)17-34-32-25(31-33-34)20-7-9-21(28)10-8-20/h5-16,24H,17H2,1-4H3,(H,30,37)/t24-/m0/s1. The van der Waals surface area contributed by atoms with Crippen LogP contribution in [0.3, 0.4) is 0 Å². The molecule has 0 fully saturated rings. The van der Waals surface area contributed by atoms with E-state index in [1.54, 1.807) is 36.7 Å². The second-order valence-corrected chi connectivity index (χ2v) is 9.67. The Kier molecular flexibility index (Phi) is 7.37. The molecule has 2 heterocycles. The topological polar surface area (TPSA) is 106 Å². The molecule has 0 aliphatic carbocycles. The third-order valence-corrected chi connectivity index (χ3v) is 5.44. The molecule has 190 valence electrons. The van der Waals surface area contributed by atoms with Crippen molar-refractivity contribution in [2.24, 2.45) is 0 Å². The number of benzene rings is 2. The lowest BCUT2D eigenvalue weighted by molar-refractivity contribution is -0.128. The van der Waals surface area contributed by atoms with Crippen molar-refractivity contribution in [2.75, 3.05) is 4.90 Å². The Balaban J connectivity index is 1.72. The molecule has 4 aromatic rings. The minimum Gasteiger partial charge on any atom is -0.349 e. The van der Waals surface area contributed by atoms with Crippen LogP contribution in [-0.4, -0.2) is 42.5 Å². The number of nitrogens with one attached hydrogen (secondary N) is 1. The van der Waals surface area contributed by atoms with E-state index in [2.05, 4.69) is 25.7 Å². The molecule has 0 radical (unpaired) electrons. The molecule has 2 aromatic heterocycles. The minimum atomic E-state index is -0.975. The van der Waals surface area contributed by atoms with Crippen molar-refractivity contribution in [3.8, 4) is 11.4 Å². The average molecular weight is 502 g/mol. The Morgan fingerprint density at radius 3 is 2.27 bits per heavy atom. The number of halogens is 1. The van der Waals surface area contributed by atoms with E-state index in [0.717, 1.165) is 10.4 Å². The van der Waals surface area contributed by atoms with Gasteiger partial charge >= 0.3 is 0 Å². The van der Waals surface area contributed by atoms with Crippen LogP contribution in [0.25, 0.3) is 11.4 Å². The number of rotatable bonds is 7. The van der Waals surface area contributed by atoms with Crippen LogP contribution in [0.5, 0.6) is 0 Å². The number of aromatic nitrogens is 5. The fourth-order valence-corrected chi connectivity index (χ4v) is 3.77. The van der Waals surface area contributed by atoms with E-state index in [1.807, 2.05) is 39.8 Å². The molecule has 1 N–H and O–H groups in total. The van der Waals surface area contributed by atoms with Gasteiger partial charge in [-0.1, -0.05) is 17.7 Å². The van der Waals surface area contributed by atoms with Gasteiger partial charge < -0.3 is 5.32 Å². The van der Waals surface area contributed by atoms with Crippen LogP contribution < -0.4 is 10.2 Å². The lowest BCUT2D eigenvalue weighted by Gasteiger charge is -2.33. The predicted octanol–water partition coefficient (Wildman–Crippen LogP) is 3.87. The van der Waals surface area contributed by atoms with Crippen LogP contribution >= 0.6 is 0 Å². The highest BCUT2D eigenvalue weighted by Gasteiger charge is 2.34. The van der Waals surface area contributed by atoms with Gasteiger partial charge in [0.2, 0.25) is 11.7 Å². The number of carbonyl (C=O) groups is 2. The summed E-state index contributed by atoms with van der Waals surface area (Å²) in [6.07, 6.45) is 3.16. The second-order valence-electron chi connectivity index (χ2n) is 9.67. The SMILES string of the molecule is Cc1ccc(N(C(=O)Cn2nnc(-c3ccc(F)cc3)n2)[C@H](C(=O)NC(C)(C)C)c2ccncc2)cc1. The van der Waals surface area contributed by atoms with E-state index in [1.165, 1.54) is 29.2 Å². The first-order chi connectivity index (χ1) is 17.6. The first kappa shape index (κ1) is 25.6. The van der Waals surface area contributed by atoms with Gasteiger partial charge in [0.1, 0.15) is 18.4 Å². The molecule has 0 bridgehead atoms. The highest BCUT2D eigenvalue weighted by Crippen LogP contribution is 2.29. The summed E-state index contributed by atoms with van der Waals surface area (Å²) in [6.45, 7) is 7.31. The summed E-state index contributed by atoms with van der Waals surface area (Å²) < 4.78 is 13.3. The van der Waals surface area contributed by atoms with Crippen molar-refractivity contribution >= 4 is 17.5 Å². The molecule has 0 aliphatic heterocycles. The van der Waals surface area contributed by atoms with Gasteiger partial charge in [0.15, 0.2) is 0 Å². The zero-order chi connectivity index (χ0) is 26.6. The summed E-state index contributed by atoms with van der Waals surface area (Å²) in [5.41, 5.74) is 2.19. The Morgan fingerprint density at radius 1 is 1.00 bits per heavy atom. The van der Waals surface area contributed by atoms with Crippen molar-refractivity contribution in [1.29, 1.82) is 0 Å². The zero-order valence-corrected chi connectivity index (χ0v) is 21.1. The van der Waals surface area contributed by atoms with Gasteiger partial charge in [0.05, 0.1) is 0 Å². The van der Waals surface area contributed by atoms with Crippen LogP contribution in [-0.2, 0) is 16.1 Å². The normalized spacial score (nSPS) is 12.1. The largest absolute Gasteiger partial charge is 0.349 e. The van der Waals surface area contributed by atoms with Crippen molar-refractivity contribution in [2.45, 2.75) is 45.8 Å². The Bertz CT molecular complexity index is 1360. The third-order valence-electron chi connectivity index (χ3n) is 5.44. The number of hydrogen-bond acceptors (Lipinski definition) is 6. The number of pyridine rings is 1. The number of amides is 2. The lowest BCUT2D eigenvalue weighted by atomic mass is 10.0. The Hall–Kier alpha value is -4.47. The zero-order valence-electron chi connectivity index (χ0n) is 21.1. The summed E-state index contributed by atoms with van der Waals surface area (Å²) in [6, 6.07) is 15.5. The molecular weight excluding hydrogens is 473 g/mol. The molecule has 2 amide bonds. The van der Waals surface area contributed by atoms with Crippen LogP contribution in [0.4, 0.5) is 10.1 Å². The molecule has 9 nitrogen and oxygen atoms in total. The first-order valence-electron chi connectivity index (χ1n) is 11.8. The Labute approximate surface area is 214 Å². The smallest absolute Gasteiger partial charge is 0.251 e. The minimum absolute atomic E-state index is 0.255. The average Bonchev–Trinajstić information content (AvgIpc) is 3.31. The molecule has 4 rings (SSSR count). The van der Waals surface area contributed by atoms with E-state index < -0.39 is 17.5 Å². The fourth-order valence-electron chi connectivity index (χ4n) is 3.77. The maximum absolute atomic E-state index is 13.8. The van der Waals surface area contributed by atoms with E-state index in [9.17, 15) is 14.0 Å². The molecule has 0 saturated heterocycles. The van der Waals surface area contributed by atoms with Crippen molar-refractivity contribution in [3.05, 3.63) is 90.0 Å². The fraction of sp³-hybridized carbons (Fsp3) is 0.259. The molecular formula is C27H28FN7O2. The summed E-state index contributed by atoms with van der Waals surface area (Å²) in [4.78, 5) is 34.1. The van der Waals surface area contributed by atoms with Gasteiger partial charge in [-0.15, -0.1) is 10.2 Å². The van der Waals surface area contributed by atoms with Crippen LogP contribution in [0.1, 0.15) is 37.9 Å². The molecule has 0 aliphatic rings. The third kappa shape index (κ3) is 6.40. The van der Waals surface area contributed by atoms with Crippen LogP contribution in [0.15, 0.2) is 73.1 Å². The monoisotopic (exact) mass is 501 g/mol. The second kappa shape index (κ2) is 10.7. The summed E-state index contributed by atoms with van der Waals surface area (Å²) >= 11 is 0. The number of carbonyl (C=O) groups excluding carboxylic acids is 2. The highest BCUT2D eigenvalue weighted by molar-refractivity contribution is 6.01. The first-order valence-corrected chi connectivity index (χ1v) is 11.8. The number of nitrogens with zero attached hydrogens (tertiary/aromatic N) is 6. The highest BCUT2D eigenvalue weighted by atomic mass is 19.1. The number of aryl methyl sites for hydroxylation is 1. The van der Waals surface area contributed by atoms with Gasteiger partial charge in [-0.3, -0.25) is 19.5 Å². The quantitative estimate of drug-likeness (QED) is 0.412. The van der Waals surface area contributed by atoms with Crippen molar-refractivity contribution in [3.63, 3.8) is 0 Å². The molecule has 10 heteroatoms. The molecule has 0 spiro atoms. The van der Waals surface area contributed by atoms with E-state index in [4.69, 9.17) is 0 Å². The van der Waals surface area contributed by atoms with Gasteiger partial charge in [-0.25, -0.2) is 4.39 Å². The van der Waals surface area contributed by atoms with Crippen LogP contribution in [0.2, 0.25) is 0 Å². The van der Waals surface area contributed by atoms with Gasteiger partial charge in [-0.2, -0.15) is 4.80 Å². The van der Waals surface area contributed by atoms with E-state index >= 15 is 0 Å². The molecule has 2 aromatic carbocycles. The summed E-state index contributed by atoms with van der Waals surface area (Å²) in [7, 11) is 0. The summed E-state index contributed by atoms with van der Waals surface area (Å²) in [5.74, 6) is -0.884. The molecule has 0 saturated carbocycles. The van der Waals surface area contributed by atoms with E-state index in [0.29, 0.717) is 16.8 Å². The number of hydrogen-bond donors (Lipinski definition) is 1. The van der Waals surface area contributed by atoms with Crippen molar-refractivity contribution in [1.82, 2.24) is 30.5 Å². The van der Waals surface area contributed by atoms with Gasteiger partial charge in [0, 0.05) is 29.2 Å². The molecule has 0 unspecified atom stereocenters. The molecule has 37 heavy (non-hydrogen) atoms. The maximum atomic E-state index is 13.8. The maximum Gasteiger partial charge on any atom is 0.251 e. The number of anilines is 1. The number of tetrazole rings is 1. The van der Waals surface area contributed by atoms with E-state index in [-0.39, 0.29) is 24.1 Å². The summed E-state index contributed by atoms with van der Waals surface area (Å²) in [5, 5.41) is 15.3. The van der Waals surface area contributed by atoms with Gasteiger partial charge in [0.25, 0.3) is 5.91 Å². The molecule has 1 atom stereocenters. The van der Waals surface area contributed by atoms with Gasteiger partial charge in [-0.05, 0) is 87.0 Å². The van der Waals surface area contributed by atoms with Crippen LogP contribution in [0, 0.1) is 12.7 Å².